The van der Waals surface area contributed by atoms with Crippen LogP contribution >= 0.6 is 11.8 Å². The van der Waals surface area contributed by atoms with E-state index in [0.29, 0.717) is 18.1 Å². The molecule has 3 aliphatic rings. The fraction of sp³-hybridized carbons (Fsp3) is 0.625. The molecule has 4 rings (SSSR count). The molecule has 1 saturated heterocycles. The Labute approximate surface area is 143 Å². The van der Waals surface area contributed by atoms with Crippen molar-refractivity contribution in [1.29, 1.82) is 0 Å². The van der Waals surface area contributed by atoms with Crippen molar-refractivity contribution < 1.29 is 14.7 Å². The van der Waals surface area contributed by atoms with Gasteiger partial charge in [0.15, 0.2) is 5.16 Å². The minimum absolute atomic E-state index is 0.00118. The number of hydrogen-bond donors (Lipinski definition) is 1. The zero-order valence-corrected chi connectivity index (χ0v) is 14.0. The molecular weight excluding hydrogens is 330 g/mol. The van der Waals surface area contributed by atoms with Gasteiger partial charge in [-0.05, 0) is 25.2 Å². The second-order valence-corrected chi connectivity index (χ2v) is 7.74. The first-order valence-corrected chi connectivity index (χ1v) is 9.34. The lowest BCUT2D eigenvalue weighted by Gasteiger charge is -2.32. The van der Waals surface area contributed by atoms with Gasteiger partial charge >= 0.3 is 5.97 Å². The molecule has 1 saturated carbocycles. The van der Waals surface area contributed by atoms with E-state index in [4.69, 9.17) is 0 Å². The third-order valence-electron chi connectivity index (χ3n) is 5.39. The van der Waals surface area contributed by atoms with E-state index in [0.717, 1.165) is 31.4 Å². The number of rotatable bonds is 2. The lowest BCUT2D eigenvalue weighted by Crippen LogP contribution is -2.48. The first kappa shape index (κ1) is 15.7. The molecule has 24 heavy (non-hydrogen) atoms. The van der Waals surface area contributed by atoms with Crippen LogP contribution in [0.5, 0.6) is 0 Å². The summed E-state index contributed by atoms with van der Waals surface area (Å²) in [4.78, 5) is 43.0. The number of amides is 1. The highest BCUT2D eigenvalue weighted by Gasteiger charge is 2.48. The topological polar surface area (TPSA) is 92.5 Å². The van der Waals surface area contributed by atoms with Crippen molar-refractivity contribution in [1.82, 2.24) is 14.5 Å². The number of aromatic nitrogens is 2. The predicted octanol–water partition coefficient (Wildman–Crippen LogP) is 1.21. The summed E-state index contributed by atoms with van der Waals surface area (Å²) >= 11 is 1.49. The maximum absolute atomic E-state index is 13.0. The molecule has 0 spiro atoms. The number of thioether (sulfide) groups is 1. The summed E-state index contributed by atoms with van der Waals surface area (Å²) in [6, 6.07) is -0.906. The summed E-state index contributed by atoms with van der Waals surface area (Å²) in [6.45, 7) is 0.543. The van der Waals surface area contributed by atoms with Crippen molar-refractivity contribution in [3.63, 3.8) is 0 Å². The fourth-order valence-corrected chi connectivity index (χ4v) is 5.19. The first-order chi connectivity index (χ1) is 11.6. The van der Waals surface area contributed by atoms with Gasteiger partial charge in [-0.2, -0.15) is 0 Å². The highest BCUT2D eigenvalue weighted by atomic mass is 32.2. The van der Waals surface area contributed by atoms with Crippen LogP contribution in [-0.4, -0.2) is 49.3 Å². The first-order valence-electron chi connectivity index (χ1n) is 8.36. The van der Waals surface area contributed by atoms with E-state index in [2.05, 4.69) is 4.98 Å². The average Bonchev–Trinajstić information content (AvgIpc) is 3.19. The fourth-order valence-electron chi connectivity index (χ4n) is 4.28. The van der Waals surface area contributed by atoms with Gasteiger partial charge in [-0.15, -0.1) is 0 Å². The SMILES string of the molecule is O=C(O)[C@@H]1C[C@@H]2CCCC[C@H]2N1C(=O)c1cnc2n(c1=O)CCS2. The summed E-state index contributed by atoms with van der Waals surface area (Å²) in [6.07, 6.45) is 5.66. The van der Waals surface area contributed by atoms with E-state index in [-0.39, 0.29) is 23.1 Å². The van der Waals surface area contributed by atoms with Crippen LogP contribution in [0.1, 0.15) is 42.5 Å². The van der Waals surface area contributed by atoms with Crippen molar-refractivity contribution in [2.75, 3.05) is 5.75 Å². The molecule has 0 unspecified atom stereocenters. The quantitative estimate of drug-likeness (QED) is 0.807. The molecule has 3 heterocycles. The summed E-state index contributed by atoms with van der Waals surface area (Å²) in [7, 11) is 0. The van der Waals surface area contributed by atoms with Gasteiger partial charge in [0.05, 0.1) is 0 Å². The van der Waals surface area contributed by atoms with Crippen molar-refractivity contribution in [2.45, 2.75) is 55.9 Å². The number of aliphatic carboxylic acids is 1. The molecule has 0 aromatic carbocycles. The maximum Gasteiger partial charge on any atom is 0.326 e. The van der Waals surface area contributed by atoms with Gasteiger partial charge in [-0.25, -0.2) is 9.78 Å². The molecule has 2 aliphatic heterocycles. The van der Waals surface area contributed by atoms with E-state index in [9.17, 15) is 19.5 Å². The zero-order valence-electron chi connectivity index (χ0n) is 13.2. The van der Waals surface area contributed by atoms with E-state index >= 15 is 0 Å². The predicted molar refractivity (Wildman–Crippen MR) is 87.2 cm³/mol. The van der Waals surface area contributed by atoms with Crippen molar-refractivity contribution in [3.05, 3.63) is 22.1 Å². The molecule has 0 bridgehead atoms. The Hall–Kier alpha value is -1.83. The number of fused-ring (bicyclic) bond motifs is 2. The third-order valence-corrected chi connectivity index (χ3v) is 6.37. The Morgan fingerprint density at radius 2 is 2.08 bits per heavy atom. The Morgan fingerprint density at radius 1 is 1.29 bits per heavy atom. The normalized spacial score (nSPS) is 28.5. The summed E-state index contributed by atoms with van der Waals surface area (Å²) in [5.41, 5.74) is -0.350. The van der Waals surface area contributed by atoms with Gasteiger partial charge in [-0.3, -0.25) is 14.2 Å². The van der Waals surface area contributed by atoms with Crippen LogP contribution < -0.4 is 5.56 Å². The second kappa shape index (κ2) is 5.91. The van der Waals surface area contributed by atoms with Crippen molar-refractivity contribution in [2.24, 2.45) is 5.92 Å². The van der Waals surface area contributed by atoms with Crippen LogP contribution in [0.15, 0.2) is 16.1 Å². The lowest BCUT2D eigenvalue weighted by atomic mass is 9.84. The zero-order chi connectivity index (χ0) is 16.8. The maximum atomic E-state index is 13.0. The van der Waals surface area contributed by atoms with E-state index in [1.807, 2.05) is 0 Å². The van der Waals surface area contributed by atoms with Gasteiger partial charge in [0.25, 0.3) is 11.5 Å². The molecule has 1 aliphatic carbocycles. The van der Waals surface area contributed by atoms with Crippen LogP contribution in [0.4, 0.5) is 0 Å². The van der Waals surface area contributed by atoms with Gasteiger partial charge in [0.2, 0.25) is 0 Å². The molecule has 0 radical (unpaired) electrons. The minimum Gasteiger partial charge on any atom is -0.480 e. The Bertz CT molecular complexity index is 762. The Morgan fingerprint density at radius 3 is 2.88 bits per heavy atom. The molecular formula is C16H19N3O4S. The number of nitrogens with zero attached hydrogens (tertiary/aromatic N) is 3. The van der Waals surface area contributed by atoms with Crippen LogP contribution in [-0.2, 0) is 11.3 Å². The highest BCUT2D eigenvalue weighted by Crippen LogP contribution is 2.40. The highest BCUT2D eigenvalue weighted by molar-refractivity contribution is 7.99. The molecule has 8 heteroatoms. The smallest absolute Gasteiger partial charge is 0.326 e. The molecule has 1 amide bonds. The van der Waals surface area contributed by atoms with E-state index in [1.54, 1.807) is 0 Å². The van der Waals surface area contributed by atoms with Crippen LogP contribution in [0, 0.1) is 5.92 Å². The third kappa shape index (κ3) is 2.35. The second-order valence-electron chi connectivity index (χ2n) is 6.67. The standard InChI is InChI=1S/C16H19N3O4S/c20-13-10(8-17-16-18(13)5-6-24-16)14(21)19-11-4-2-1-3-9(11)7-12(19)15(22)23/h8-9,11-12H,1-7H2,(H,22,23)/t9-,11+,12-/m0/s1. The number of carboxylic acids is 1. The number of carbonyl (C=O) groups is 2. The molecule has 1 aromatic heterocycles. The Balaban J connectivity index is 1.72. The van der Waals surface area contributed by atoms with Gasteiger partial charge < -0.3 is 10.0 Å². The number of hydrogen-bond acceptors (Lipinski definition) is 5. The molecule has 128 valence electrons. The molecule has 1 aromatic rings. The molecule has 1 N–H and O–H groups in total. The summed E-state index contributed by atoms with van der Waals surface area (Å²) in [5, 5.41) is 10.2. The number of likely N-dealkylation sites (tertiary alicyclic amines) is 1. The minimum atomic E-state index is -0.984. The van der Waals surface area contributed by atoms with Crippen molar-refractivity contribution in [3.8, 4) is 0 Å². The van der Waals surface area contributed by atoms with E-state index < -0.39 is 17.9 Å². The Kier molecular flexibility index (Phi) is 3.86. The molecule has 7 nitrogen and oxygen atoms in total. The lowest BCUT2D eigenvalue weighted by molar-refractivity contribution is -0.141. The molecule has 3 atom stereocenters. The molecule has 2 fully saturated rings. The largest absolute Gasteiger partial charge is 0.480 e. The summed E-state index contributed by atoms with van der Waals surface area (Å²) < 4.78 is 1.52. The number of carbonyl (C=O) groups excluding carboxylic acids is 1. The van der Waals surface area contributed by atoms with Gasteiger partial charge in [0, 0.05) is 24.5 Å². The van der Waals surface area contributed by atoms with Crippen LogP contribution in [0.25, 0.3) is 0 Å². The van der Waals surface area contributed by atoms with Crippen molar-refractivity contribution >= 4 is 23.6 Å². The van der Waals surface area contributed by atoms with Crippen LogP contribution in [0.2, 0.25) is 0 Å². The number of carboxylic acid groups (broad SMARTS) is 1. The van der Waals surface area contributed by atoms with Crippen LogP contribution in [0.3, 0.4) is 0 Å². The monoisotopic (exact) mass is 349 g/mol. The van der Waals surface area contributed by atoms with E-state index in [1.165, 1.54) is 27.4 Å². The van der Waals surface area contributed by atoms with Gasteiger partial charge in [0.1, 0.15) is 11.6 Å². The average molecular weight is 349 g/mol. The summed E-state index contributed by atoms with van der Waals surface area (Å²) in [5.74, 6) is -0.458. The van der Waals surface area contributed by atoms with Gasteiger partial charge in [-0.1, -0.05) is 24.6 Å².